The molecular formula is C37H34FN5O6. The second-order valence-electron chi connectivity index (χ2n) is 12.1. The number of ether oxygens (including phenoxy) is 3. The SMILES string of the molecule is COc1ccc2cc1-c1cccc(c1)OCC(=O)NCc1cc(F)cc(c1)O[C@@H]1CCN(C(=O)c3cn4cccc(C)c4n3)C[C@H]1NC2=O. The van der Waals surface area contributed by atoms with E-state index in [0.29, 0.717) is 58.1 Å². The Kier molecular flexibility index (Phi) is 8.60. The van der Waals surface area contributed by atoms with Gasteiger partial charge in [0.1, 0.15) is 40.5 Å². The lowest BCUT2D eigenvalue weighted by Gasteiger charge is -2.38. The minimum absolute atomic E-state index is 0.0466. The zero-order chi connectivity index (χ0) is 34.1. The van der Waals surface area contributed by atoms with Crippen molar-refractivity contribution in [3.8, 4) is 28.4 Å². The molecule has 11 nitrogen and oxygen atoms in total. The highest BCUT2D eigenvalue weighted by atomic mass is 19.1. The van der Waals surface area contributed by atoms with Gasteiger partial charge in [0.2, 0.25) is 0 Å². The molecule has 2 atom stereocenters. The molecule has 6 bridgehead atoms. The molecule has 3 amide bonds. The quantitative estimate of drug-likeness (QED) is 0.284. The lowest BCUT2D eigenvalue weighted by atomic mass is 9.99. The smallest absolute Gasteiger partial charge is 0.274 e. The van der Waals surface area contributed by atoms with Crippen LogP contribution in [0.4, 0.5) is 4.39 Å². The van der Waals surface area contributed by atoms with Crippen molar-refractivity contribution in [2.45, 2.75) is 32.0 Å². The van der Waals surface area contributed by atoms with E-state index in [2.05, 4.69) is 15.6 Å². The van der Waals surface area contributed by atoms with Crippen LogP contribution in [0.5, 0.6) is 17.2 Å². The average Bonchev–Trinajstić information content (AvgIpc) is 3.55. The molecule has 2 aromatic heterocycles. The molecule has 49 heavy (non-hydrogen) atoms. The van der Waals surface area contributed by atoms with Crippen LogP contribution in [-0.2, 0) is 11.3 Å². The minimum Gasteiger partial charge on any atom is -0.496 e. The first-order chi connectivity index (χ1) is 23.7. The van der Waals surface area contributed by atoms with Crippen LogP contribution in [0.1, 0.15) is 38.4 Å². The topological polar surface area (TPSA) is 124 Å². The van der Waals surface area contributed by atoms with Crippen molar-refractivity contribution in [3.63, 3.8) is 0 Å². The Hall–Kier alpha value is -5.91. The number of amides is 3. The van der Waals surface area contributed by atoms with E-state index >= 15 is 0 Å². The zero-order valence-electron chi connectivity index (χ0n) is 26.9. The van der Waals surface area contributed by atoms with E-state index in [-0.39, 0.29) is 43.2 Å². The average molecular weight is 664 g/mol. The van der Waals surface area contributed by atoms with Gasteiger partial charge in [-0.15, -0.1) is 0 Å². The van der Waals surface area contributed by atoms with Gasteiger partial charge in [-0.1, -0.05) is 18.2 Å². The molecule has 2 aliphatic rings. The molecule has 0 aliphatic carbocycles. The number of piperidine rings is 1. The zero-order valence-corrected chi connectivity index (χ0v) is 26.9. The summed E-state index contributed by atoms with van der Waals surface area (Å²) in [5.74, 6) is -0.370. The van der Waals surface area contributed by atoms with Crippen molar-refractivity contribution in [1.82, 2.24) is 24.9 Å². The summed E-state index contributed by atoms with van der Waals surface area (Å²) >= 11 is 0. The molecule has 0 saturated carbocycles. The number of benzene rings is 3. The number of hydrogen-bond donors (Lipinski definition) is 2. The lowest BCUT2D eigenvalue weighted by molar-refractivity contribution is -0.123. The lowest BCUT2D eigenvalue weighted by Crippen LogP contribution is -2.58. The fraction of sp³-hybridized carbons (Fsp3) is 0.243. The molecule has 2 N–H and O–H groups in total. The van der Waals surface area contributed by atoms with Crippen molar-refractivity contribution in [2.75, 3.05) is 26.8 Å². The van der Waals surface area contributed by atoms with E-state index in [1.807, 2.05) is 35.7 Å². The van der Waals surface area contributed by atoms with Gasteiger partial charge in [-0.05, 0) is 72.1 Å². The van der Waals surface area contributed by atoms with Crippen LogP contribution < -0.4 is 24.8 Å². The van der Waals surface area contributed by atoms with Crippen LogP contribution in [0, 0.1) is 12.7 Å². The number of carbonyl (C=O) groups excluding carboxylic acids is 3. The molecule has 12 heteroatoms. The van der Waals surface area contributed by atoms with E-state index in [0.717, 1.165) is 5.56 Å². The number of pyridine rings is 1. The number of likely N-dealkylation sites (tertiary alicyclic amines) is 1. The van der Waals surface area contributed by atoms with Crippen molar-refractivity contribution in [3.05, 3.63) is 113 Å². The van der Waals surface area contributed by atoms with Crippen molar-refractivity contribution < 1.29 is 33.0 Å². The third-order valence-electron chi connectivity index (χ3n) is 8.73. The van der Waals surface area contributed by atoms with E-state index in [1.165, 1.54) is 12.1 Å². The molecule has 2 aliphatic heterocycles. The Morgan fingerprint density at radius 2 is 1.90 bits per heavy atom. The summed E-state index contributed by atoms with van der Waals surface area (Å²) in [4.78, 5) is 46.5. The van der Waals surface area contributed by atoms with Gasteiger partial charge < -0.3 is 34.1 Å². The highest BCUT2D eigenvalue weighted by Gasteiger charge is 2.35. The predicted molar refractivity (Wildman–Crippen MR) is 178 cm³/mol. The van der Waals surface area contributed by atoms with Crippen LogP contribution in [-0.4, -0.2) is 71.0 Å². The predicted octanol–water partition coefficient (Wildman–Crippen LogP) is 4.56. The van der Waals surface area contributed by atoms with Gasteiger partial charge in [0.05, 0.1) is 13.2 Å². The normalized spacial score (nSPS) is 18.1. The molecule has 0 unspecified atom stereocenters. The molecule has 1 saturated heterocycles. The van der Waals surface area contributed by atoms with Crippen molar-refractivity contribution in [1.29, 1.82) is 0 Å². The maximum Gasteiger partial charge on any atom is 0.274 e. The maximum absolute atomic E-state index is 14.8. The number of nitrogens with zero attached hydrogens (tertiary/aromatic N) is 3. The number of imidazole rings is 1. The summed E-state index contributed by atoms with van der Waals surface area (Å²) < 4.78 is 34.3. The van der Waals surface area contributed by atoms with Crippen molar-refractivity contribution >= 4 is 23.4 Å². The molecule has 3 aromatic carbocycles. The molecule has 1 fully saturated rings. The monoisotopic (exact) mass is 663 g/mol. The second-order valence-corrected chi connectivity index (χ2v) is 12.1. The first kappa shape index (κ1) is 31.7. The fourth-order valence-electron chi connectivity index (χ4n) is 6.26. The van der Waals surface area contributed by atoms with E-state index in [9.17, 15) is 18.8 Å². The van der Waals surface area contributed by atoms with Crippen LogP contribution in [0.25, 0.3) is 16.8 Å². The Labute approximate surface area is 281 Å². The maximum atomic E-state index is 14.8. The molecule has 0 radical (unpaired) electrons. The standard InChI is InChI=1S/C37H34FN5O6/c1-22-5-4-11-42-20-31(40-35(22)42)37(46)43-12-10-33-30(19-43)41-36(45)25-8-9-32(47-2)29(16-25)24-6-3-7-27(15-24)48-21-34(44)39-18-23-13-26(38)17-28(14-23)49-33/h3-9,11,13-17,20,30,33H,10,12,18-19,21H2,1-2H3,(H,39,44)(H,41,45)/t30-,33-/m1/s1. The largest absolute Gasteiger partial charge is 0.496 e. The number of aromatic nitrogens is 2. The van der Waals surface area contributed by atoms with E-state index in [4.69, 9.17) is 14.2 Å². The molecule has 0 spiro atoms. The molecule has 5 aromatic rings. The van der Waals surface area contributed by atoms with Crippen LogP contribution in [0.15, 0.2) is 85.2 Å². The molecular weight excluding hydrogens is 629 g/mol. The van der Waals surface area contributed by atoms with Crippen LogP contribution in [0.3, 0.4) is 0 Å². The summed E-state index contributed by atoms with van der Waals surface area (Å²) in [6.45, 7) is 2.17. The Morgan fingerprint density at radius 3 is 2.73 bits per heavy atom. The van der Waals surface area contributed by atoms with Gasteiger partial charge >= 0.3 is 0 Å². The number of nitrogens with one attached hydrogen (secondary N) is 2. The Bertz CT molecular complexity index is 2080. The third kappa shape index (κ3) is 6.75. The fourth-order valence-corrected chi connectivity index (χ4v) is 6.26. The van der Waals surface area contributed by atoms with Gasteiger partial charge in [-0.3, -0.25) is 14.4 Å². The number of hydrogen-bond acceptors (Lipinski definition) is 7. The van der Waals surface area contributed by atoms with Gasteiger partial charge in [0.15, 0.2) is 6.61 Å². The number of halogens is 1. The van der Waals surface area contributed by atoms with E-state index < -0.39 is 18.0 Å². The summed E-state index contributed by atoms with van der Waals surface area (Å²) in [5, 5.41) is 5.84. The molecule has 7 rings (SSSR count). The number of aryl methyl sites for hydroxylation is 1. The first-order valence-electron chi connectivity index (χ1n) is 15.9. The summed E-state index contributed by atoms with van der Waals surface area (Å²) in [7, 11) is 1.54. The summed E-state index contributed by atoms with van der Waals surface area (Å²) in [6, 6.07) is 19.6. The molecule has 4 heterocycles. The van der Waals surface area contributed by atoms with E-state index in [1.54, 1.807) is 60.7 Å². The first-order valence-corrected chi connectivity index (χ1v) is 15.9. The van der Waals surface area contributed by atoms with Gasteiger partial charge in [0.25, 0.3) is 17.7 Å². The van der Waals surface area contributed by atoms with Crippen LogP contribution >= 0.6 is 0 Å². The van der Waals surface area contributed by atoms with Gasteiger partial charge in [0, 0.05) is 55.6 Å². The van der Waals surface area contributed by atoms with Crippen LogP contribution in [0.2, 0.25) is 0 Å². The number of fused-ring (bicyclic) bond motifs is 9. The highest BCUT2D eigenvalue weighted by molar-refractivity contribution is 5.97. The Balaban J connectivity index is 1.24. The molecule has 250 valence electrons. The third-order valence-corrected chi connectivity index (χ3v) is 8.73. The summed E-state index contributed by atoms with van der Waals surface area (Å²) in [6.07, 6.45) is 3.28. The van der Waals surface area contributed by atoms with Gasteiger partial charge in [-0.2, -0.15) is 0 Å². The highest BCUT2D eigenvalue weighted by Crippen LogP contribution is 2.33. The van der Waals surface area contributed by atoms with Gasteiger partial charge in [-0.25, -0.2) is 9.37 Å². The minimum atomic E-state index is -0.667. The number of carbonyl (C=O) groups is 3. The Morgan fingerprint density at radius 1 is 1.02 bits per heavy atom. The number of rotatable bonds is 2. The second kappa shape index (κ2) is 13.3. The van der Waals surface area contributed by atoms with Crippen molar-refractivity contribution in [2.24, 2.45) is 0 Å². The number of methoxy groups -OCH3 is 1. The summed E-state index contributed by atoms with van der Waals surface area (Å²) in [5.41, 5.74) is 4.12.